The number of methoxy groups -OCH3 is 3. The third kappa shape index (κ3) is 2.86. The van der Waals surface area contributed by atoms with Crippen LogP contribution in [0.3, 0.4) is 0 Å². The first-order chi connectivity index (χ1) is 9.95. The lowest BCUT2D eigenvalue weighted by Crippen LogP contribution is -2.50. The van der Waals surface area contributed by atoms with E-state index in [1.54, 1.807) is 21.3 Å². The first kappa shape index (κ1) is 15.7. The lowest BCUT2D eigenvalue weighted by molar-refractivity contribution is 0.298. The summed E-state index contributed by atoms with van der Waals surface area (Å²) in [5.41, 5.74) is 2.65. The smallest absolute Gasteiger partial charge is 0.203 e. The minimum Gasteiger partial charge on any atom is -0.492 e. The van der Waals surface area contributed by atoms with Gasteiger partial charge in [0.1, 0.15) is 12.2 Å². The summed E-state index contributed by atoms with van der Waals surface area (Å²) in [7, 11) is 7.19. The van der Waals surface area contributed by atoms with Crippen molar-refractivity contribution in [1.29, 1.82) is 0 Å². The molecule has 4 heteroatoms. The Bertz CT molecular complexity index is 528. The molecular weight excluding hydrogens is 266 g/mol. The van der Waals surface area contributed by atoms with Gasteiger partial charge < -0.3 is 14.2 Å². The van der Waals surface area contributed by atoms with Gasteiger partial charge >= 0.3 is 0 Å². The maximum atomic E-state index is 5.47. The first-order valence-corrected chi connectivity index (χ1v) is 7.27. The average Bonchev–Trinajstić information content (AvgIpc) is 2.49. The zero-order valence-corrected chi connectivity index (χ0v) is 13.9. The van der Waals surface area contributed by atoms with Gasteiger partial charge in [-0.05, 0) is 13.0 Å². The highest BCUT2D eigenvalue weighted by molar-refractivity contribution is 5.62. The molecule has 1 aliphatic rings. The van der Waals surface area contributed by atoms with Crippen molar-refractivity contribution in [2.45, 2.75) is 13.8 Å². The standard InChI is InChI=1S/C17H26NO3/c1-12-7-8-18(3,11-13(12)2)14-9-15(19-4)17(21-6)16(10-14)20-5/h7,9-10,13H,8,11H2,1-6H3/q+1. The van der Waals surface area contributed by atoms with Gasteiger partial charge in [0.15, 0.2) is 11.5 Å². The van der Waals surface area contributed by atoms with Crippen molar-refractivity contribution >= 4 is 5.69 Å². The van der Waals surface area contributed by atoms with Crippen molar-refractivity contribution in [3.63, 3.8) is 0 Å². The Balaban J connectivity index is 2.49. The zero-order valence-electron chi connectivity index (χ0n) is 13.9. The van der Waals surface area contributed by atoms with Gasteiger partial charge in [-0.2, -0.15) is 0 Å². The Morgan fingerprint density at radius 2 is 1.62 bits per heavy atom. The van der Waals surface area contributed by atoms with E-state index in [0.29, 0.717) is 23.2 Å². The highest BCUT2D eigenvalue weighted by Crippen LogP contribution is 2.43. The van der Waals surface area contributed by atoms with Crippen LogP contribution in [-0.4, -0.2) is 41.5 Å². The van der Waals surface area contributed by atoms with Crippen LogP contribution < -0.4 is 18.7 Å². The molecule has 0 bridgehead atoms. The van der Waals surface area contributed by atoms with Gasteiger partial charge in [0.05, 0.1) is 34.9 Å². The lowest BCUT2D eigenvalue weighted by atomic mass is 9.96. The van der Waals surface area contributed by atoms with Crippen molar-refractivity contribution in [3.8, 4) is 17.2 Å². The van der Waals surface area contributed by atoms with E-state index in [2.05, 4.69) is 39.1 Å². The van der Waals surface area contributed by atoms with E-state index in [0.717, 1.165) is 17.6 Å². The molecule has 116 valence electrons. The predicted molar refractivity (Wildman–Crippen MR) is 86.5 cm³/mol. The summed E-state index contributed by atoms with van der Waals surface area (Å²) in [6, 6.07) is 4.12. The molecule has 2 rings (SSSR count). The molecule has 4 nitrogen and oxygen atoms in total. The molecule has 0 saturated carbocycles. The molecule has 1 heterocycles. The van der Waals surface area contributed by atoms with E-state index in [1.807, 2.05) is 0 Å². The van der Waals surface area contributed by atoms with Gasteiger partial charge in [-0.15, -0.1) is 0 Å². The van der Waals surface area contributed by atoms with Crippen LogP contribution in [0.4, 0.5) is 5.69 Å². The molecule has 0 N–H and O–H groups in total. The summed E-state index contributed by atoms with van der Waals surface area (Å²) in [6.07, 6.45) is 2.33. The van der Waals surface area contributed by atoms with E-state index in [9.17, 15) is 0 Å². The maximum Gasteiger partial charge on any atom is 0.203 e. The predicted octanol–water partition coefficient (Wildman–Crippen LogP) is 3.25. The Kier molecular flexibility index (Phi) is 4.47. The molecule has 21 heavy (non-hydrogen) atoms. The summed E-state index contributed by atoms with van der Waals surface area (Å²) in [6.45, 7) is 6.54. The quantitative estimate of drug-likeness (QED) is 0.630. The summed E-state index contributed by atoms with van der Waals surface area (Å²) in [4.78, 5) is 0. The van der Waals surface area contributed by atoms with Crippen molar-refractivity contribution in [2.75, 3.05) is 41.5 Å². The minimum absolute atomic E-state index is 0.572. The van der Waals surface area contributed by atoms with Crippen LogP contribution in [0.25, 0.3) is 0 Å². The van der Waals surface area contributed by atoms with Crippen LogP contribution in [0.15, 0.2) is 23.8 Å². The Hall–Kier alpha value is -1.68. The number of nitrogens with zero attached hydrogens (tertiary/aromatic N) is 1. The second-order valence-corrected chi connectivity index (χ2v) is 5.99. The van der Waals surface area contributed by atoms with Crippen LogP contribution in [-0.2, 0) is 0 Å². The monoisotopic (exact) mass is 292 g/mol. The zero-order chi connectivity index (χ0) is 15.6. The van der Waals surface area contributed by atoms with Crippen LogP contribution in [0, 0.1) is 5.92 Å². The number of hydrogen-bond acceptors (Lipinski definition) is 3. The Morgan fingerprint density at radius 1 is 1.05 bits per heavy atom. The molecule has 2 atom stereocenters. The van der Waals surface area contributed by atoms with E-state index >= 15 is 0 Å². The number of quaternary nitrogens is 1. The summed E-state index contributed by atoms with van der Waals surface area (Å²) in [5.74, 6) is 2.64. The highest BCUT2D eigenvalue weighted by Gasteiger charge is 2.32. The second-order valence-electron chi connectivity index (χ2n) is 5.99. The van der Waals surface area contributed by atoms with Crippen LogP contribution >= 0.6 is 0 Å². The summed E-state index contributed by atoms with van der Waals surface area (Å²) in [5, 5.41) is 0. The fourth-order valence-electron chi connectivity index (χ4n) is 2.96. The molecule has 0 aromatic heterocycles. The second kappa shape index (κ2) is 5.98. The number of likely N-dealkylation sites (N-methyl/N-ethyl adjacent to an activating group) is 1. The first-order valence-electron chi connectivity index (χ1n) is 7.27. The summed E-state index contributed by atoms with van der Waals surface area (Å²) >= 11 is 0. The Labute approximate surface area is 127 Å². The van der Waals surface area contributed by atoms with Crippen molar-refractivity contribution in [3.05, 3.63) is 23.8 Å². The average molecular weight is 292 g/mol. The fraction of sp³-hybridized carbons (Fsp3) is 0.529. The van der Waals surface area contributed by atoms with E-state index in [4.69, 9.17) is 14.2 Å². The van der Waals surface area contributed by atoms with E-state index in [1.165, 1.54) is 11.3 Å². The summed E-state index contributed by atoms with van der Waals surface area (Å²) < 4.78 is 17.2. The van der Waals surface area contributed by atoms with Crippen LogP contribution in [0.5, 0.6) is 17.2 Å². The van der Waals surface area contributed by atoms with Crippen LogP contribution in [0.2, 0.25) is 0 Å². The molecule has 1 aromatic rings. The maximum absolute atomic E-state index is 5.47. The largest absolute Gasteiger partial charge is 0.492 e. The van der Waals surface area contributed by atoms with Gasteiger partial charge in [0.25, 0.3) is 0 Å². The van der Waals surface area contributed by atoms with Gasteiger partial charge in [-0.3, -0.25) is 4.48 Å². The topological polar surface area (TPSA) is 27.7 Å². The molecule has 0 fully saturated rings. The van der Waals surface area contributed by atoms with E-state index in [-0.39, 0.29) is 0 Å². The Morgan fingerprint density at radius 3 is 2.05 bits per heavy atom. The van der Waals surface area contributed by atoms with Gasteiger partial charge in [-0.25, -0.2) is 0 Å². The molecule has 1 aliphatic heterocycles. The normalized spacial score (nSPS) is 25.2. The number of benzene rings is 1. The molecule has 0 spiro atoms. The minimum atomic E-state index is 0.572. The molecule has 2 unspecified atom stereocenters. The molecule has 0 saturated heterocycles. The molecular formula is C17H26NO3+. The third-order valence-corrected chi connectivity index (χ3v) is 4.54. The third-order valence-electron chi connectivity index (χ3n) is 4.54. The SMILES string of the molecule is COc1cc([N+]2(C)CC=C(C)C(C)C2)cc(OC)c1OC. The number of hydrogen-bond donors (Lipinski definition) is 0. The molecule has 0 aliphatic carbocycles. The fourth-order valence-corrected chi connectivity index (χ4v) is 2.96. The van der Waals surface area contributed by atoms with Crippen molar-refractivity contribution in [2.24, 2.45) is 5.92 Å². The van der Waals surface area contributed by atoms with Crippen molar-refractivity contribution in [1.82, 2.24) is 4.48 Å². The highest BCUT2D eigenvalue weighted by atomic mass is 16.5. The molecule has 1 aromatic carbocycles. The number of ether oxygens (including phenoxy) is 3. The lowest BCUT2D eigenvalue weighted by Gasteiger charge is -2.39. The van der Waals surface area contributed by atoms with Gasteiger partial charge in [-0.1, -0.05) is 12.5 Å². The van der Waals surface area contributed by atoms with Crippen molar-refractivity contribution < 1.29 is 14.2 Å². The van der Waals surface area contributed by atoms with Gasteiger partial charge in [0.2, 0.25) is 5.75 Å². The number of rotatable bonds is 4. The van der Waals surface area contributed by atoms with Crippen LogP contribution in [0.1, 0.15) is 13.8 Å². The molecule has 0 amide bonds. The molecule has 0 radical (unpaired) electrons. The van der Waals surface area contributed by atoms with E-state index < -0.39 is 0 Å². The van der Waals surface area contributed by atoms with Gasteiger partial charge in [0, 0.05) is 18.1 Å².